The molecule has 1 atom stereocenters. The Kier molecular flexibility index (Phi) is 4.29. The summed E-state index contributed by atoms with van der Waals surface area (Å²) in [7, 11) is 1.84. The molecule has 0 fully saturated rings. The average Bonchev–Trinajstić information content (AvgIpc) is 2.57. The van der Waals surface area contributed by atoms with Crippen LogP contribution >= 0.6 is 34.2 Å². The monoisotopic (exact) mass is 376 g/mol. The van der Waals surface area contributed by atoms with Crippen molar-refractivity contribution in [3.05, 3.63) is 49.8 Å². The van der Waals surface area contributed by atoms with Gasteiger partial charge in [-0.2, -0.15) is 5.10 Å². The predicted molar refractivity (Wildman–Crippen MR) is 80.8 cm³/mol. The molecule has 0 aliphatic rings. The van der Waals surface area contributed by atoms with Crippen LogP contribution in [0.25, 0.3) is 0 Å². The summed E-state index contributed by atoms with van der Waals surface area (Å²) in [6, 6.07) is 7.83. The van der Waals surface area contributed by atoms with E-state index in [0.29, 0.717) is 11.4 Å². The van der Waals surface area contributed by atoms with Crippen molar-refractivity contribution in [2.45, 2.75) is 19.4 Å². The van der Waals surface area contributed by atoms with Crippen molar-refractivity contribution in [2.24, 2.45) is 7.05 Å². The molecule has 18 heavy (non-hydrogen) atoms. The zero-order valence-electron chi connectivity index (χ0n) is 10.2. The smallest absolute Gasteiger partial charge is 0.0848 e. The van der Waals surface area contributed by atoms with E-state index in [2.05, 4.69) is 27.7 Å². The van der Waals surface area contributed by atoms with Crippen molar-refractivity contribution in [3.8, 4) is 0 Å². The zero-order valence-corrected chi connectivity index (χ0v) is 13.1. The van der Waals surface area contributed by atoms with E-state index in [1.54, 1.807) is 4.68 Å². The molecule has 3 nitrogen and oxygen atoms in total. The fourth-order valence-electron chi connectivity index (χ4n) is 1.89. The third-order valence-electron chi connectivity index (χ3n) is 2.90. The van der Waals surface area contributed by atoms with Gasteiger partial charge in [0.1, 0.15) is 0 Å². The Morgan fingerprint density at radius 1 is 1.39 bits per heavy atom. The van der Waals surface area contributed by atoms with E-state index in [1.165, 1.54) is 0 Å². The fraction of sp³-hybridized carbons (Fsp3) is 0.308. The second-order valence-electron chi connectivity index (χ2n) is 4.24. The summed E-state index contributed by atoms with van der Waals surface area (Å²) in [6.45, 7) is 1.86. The van der Waals surface area contributed by atoms with Gasteiger partial charge in [-0.1, -0.05) is 23.7 Å². The van der Waals surface area contributed by atoms with E-state index in [1.807, 2.05) is 38.2 Å². The summed E-state index contributed by atoms with van der Waals surface area (Å²) in [4.78, 5) is 0. The molecule has 1 N–H and O–H groups in total. The highest BCUT2D eigenvalue weighted by molar-refractivity contribution is 14.1. The molecular formula is C13H14ClIN2O. The molecule has 0 radical (unpaired) electrons. The van der Waals surface area contributed by atoms with Crippen molar-refractivity contribution >= 4 is 34.2 Å². The minimum absolute atomic E-state index is 0.469. The first kappa shape index (κ1) is 13.8. The van der Waals surface area contributed by atoms with Gasteiger partial charge in [0.15, 0.2) is 0 Å². The number of hydrogen-bond donors (Lipinski definition) is 1. The SMILES string of the molecule is Cc1nn(C)c(CC(O)c2ccc(I)cc2)c1Cl. The molecule has 0 bridgehead atoms. The van der Waals surface area contributed by atoms with Crippen LogP contribution in [0.5, 0.6) is 0 Å². The van der Waals surface area contributed by atoms with Crippen LogP contribution in [0.15, 0.2) is 24.3 Å². The van der Waals surface area contributed by atoms with Crippen LogP contribution in [0.1, 0.15) is 23.1 Å². The van der Waals surface area contributed by atoms with Gasteiger partial charge in [0.25, 0.3) is 0 Å². The molecule has 0 saturated heterocycles. The Labute approximate surface area is 125 Å². The highest BCUT2D eigenvalue weighted by Crippen LogP contribution is 2.25. The summed E-state index contributed by atoms with van der Waals surface area (Å²) in [5.74, 6) is 0. The van der Waals surface area contributed by atoms with Crippen LogP contribution in [0.3, 0.4) is 0 Å². The van der Waals surface area contributed by atoms with E-state index in [4.69, 9.17) is 11.6 Å². The lowest BCUT2D eigenvalue weighted by Crippen LogP contribution is -2.06. The molecule has 0 spiro atoms. The van der Waals surface area contributed by atoms with Gasteiger partial charge in [0.2, 0.25) is 0 Å². The number of aromatic nitrogens is 2. The summed E-state index contributed by atoms with van der Waals surface area (Å²) >= 11 is 8.42. The zero-order chi connectivity index (χ0) is 13.3. The first-order chi connectivity index (χ1) is 8.49. The van der Waals surface area contributed by atoms with Crippen LogP contribution < -0.4 is 0 Å². The van der Waals surface area contributed by atoms with E-state index in [0.717, 1.165) is 20.5 Å². The fourth-order valence-corrected chi connectivity index (χ4v) is 2.48. The summed E-state index contributed by atoms with van der Waals surface area (Å²) in [5, 5.41) is 15.1. The molecule has 0 aliphatic heterocycles. The second-order valence-corrected chi connectivity index (χ2v) is 5.86. The molecule has 1 heterocycles. The average molecular weight is 377 g/mol. The molecule has 0 amide bonds. The molecule has 0 saturated carbocycles. The van der Waals surface area contributed by atoms with E-state index in [9.17, 15) is 5.11 Å². The molecule has 5 heteroatoms. The Balaban J connectivity index is 2.21. The molecule has 0 aliphatic carbocycles. The highest BCUT2D eigenvalue weighted by Gasteiger charge is 2.16. The van der Waals surface area contributed by atoms with Crippen LogP contribution in [0.4, 0.5) is 0 Å². The van der Waals surface area contributed by atoms with Gasteiger partial charge in [-0.25, -0.2) is 0 Å². The molecule has 2 aromatic rings. The van der Waals surface area contributed by atoms with Crippen LogP contribution in [0, 0.1) is 10.5 Å². The van der Waals surface area contributed by atoms with Gasteiger partial charge in [-0.05, 0) is 47.2 Å². The van der Waals surface area contributed by atoms with Gasteiger partial charge >= 0.3 is 0 Å². The van der Waals surface area contributed by atoms with Crippen molar-refractivity contribution in [3.63, 3.8) is 0 Å². The van der Waals surface area contributed by atoms with Crippen molar-refractivity contribution in [2.75, 3.05) is 0 Å². The first-order valence-electron chi connectivity index (χ1n) is 5.60. The maximum Gasteiger partial charge on any atom is 0.0848 e. The lowest BCUT2D eigenvalue weighted by Gasteiger charge is -2.11. The van der Waals surface area contributed by atoms with E-state index < -0.39 is 6.10 Å². The van der Waals surface area contributed by atoms with Crippen molar-refractivity contribution < 1.29 is 5.11 Å². The first-order valence-corrected chi connectivity index (χ1v) is 7.06. The number of aliphatic hydroxyl groups is 1. The van der Waals surface area contributed by atoms with Gasteiger partial charge in [-0.15, -0.1) is 0 Å². The predicted octanol–water partition coefficient (Wildman–Crippen LogP) is 3.26. The van der Waals surface area contributed by atoms with E-state index in [-0.39, 0.29) is 0 Å². The molecule has 2 rings (SSSR count). The lowest BCUT2D eigenvalue weighted by atomic mass is 10.0. The quantitative estimate of drug-likeness (QED) is 0.835. The summed E-state index contributed by atoms with van der Waals surface area (Å²) in [5.41, 5.74) is 2.55. The number of benzene rings is 1. The summed E-state index contributed by atoms with van der Waals surface area (Å²) in [6.07, 6.45) is -0.0918. The molecule has 1 aromatic carbocycles. The number of aliphatic hydroxyl groups excluding tert-OH is 1. The molecule has 1 unspecified atom stereocenters. The third-order valence-corrected chi connectivity index (χ3v) is 4.11. The number of halogens is 2. The van der Waals surface area contributed by atoms with Gasteiger partial charge in [-0.3, -0.25) is 4.68 Å². The van der Waals surface area contributed by atoms with E-state index >= 15 is 0 Å². The largest absolute Gasteiger partial charge is 0.388 e. The normalized spacial score (nSPS) is 12.7. The number of rotatable bonds is 3. The Morgan fingerprint density at radius 2 is 2.00 bits per heavy atom. The van der Waals surface area contributed by atoms with Gasteiger partial charge < -0.3 is 5.11 Å². The molecule has 1 aromatic heterocycles. The number of nitrogens with zero attached hydrogens (tertiary/aromatic N) is 2. The standard InChI is InChI=1S/C13H14ClIN2O/c1-8-13(14)11(17(2)16-8)7-12(18)9-3-5-10(15)6-4-9/h3-6,12,18H,7H2,1-2H3. The summed E-state index contributed by atoms with van der Waals surface area (Å²) < 4.78 is 2.88. The van der Waals surface area contributed by atoms with Crippen molar-refractivity contribution in [1.29, 1.82) is 0 Å². The number of hydrogen-bond acceptors (Lipinski definition) is 2. The highest BCUT2D eigenvalue weighted by atomic mass is 127. The maximum absolute atomic E-state index is 10.2. The molecular weight excluding hydrogens is 363 g/mol. The van der Waals surface area contributed by atoms with Crippen LogP contribution in [-0.2, 0) is 13.5 Å². The minimum atomic E-state index is -0.561. The van der Waals surface area contributed by atoms with Crippen LogP contribution in [0.2, 0.25) is 5.02 Å². The number of aryl methyl sites for hydroxylation is 2. The van der Waals surface area contributed by atoms with Gasteiger partial charge in [0.05, 0.1) is 22.5 Å². The van der Waals surface area contributed by atoms with Crippen molar-refractivity contribution in [1.82, 2.24) is 9.78 Å². The Hall–Kier alpha value is -0.590. The lowest BCUT2D eigenvalue weighted by molar-refractivity contribution is 0.176. The Morgan fingerprint density at radius 3 is 2.50 bits per heavy atom. The Bertz CT molecular complexity index is 551. The third kappa shape index (κ3) is 2.87. The topological polar surface area (TPSA) is 38.0 Å². The molecule has 96 valence electrons. The second kappa shape index (κ2) is 5.59. The minimum Gasteiger partial charge on any atom is -0.388 e. The van der Waals surface area contributed by atoms with Crippen LogP contribution in [-0.4, -0.2) is 14.9 Å². The maximum atomic E-state index is 10.2. The van der Waals surface area contributed by atoms with Gasteiger partial charge in [0, 0.05) is 17.0 Å².